The average molecular weight is 375 g/mol. The second-order valence-electron chi connectivity index (χ2n) is 4.40. The molecule has 0 aliphatic rings. The molecular formula is C14H9Cl2FN2OS2. The number of thiazole rings is 1. The first-order chi connectivity index (χ1) is 10.5. The third-order valence-corrected chi connectivity index (χ3v) is 5.57. The minimum absolute atomic E-state index is 0.281. The Morgan fingerprint density at radius 1 is 1.32 bits per heavy atom. The molecule has 0 spiro atoms. The summed E-state index contributed by atoms with van der Waals surface area (Å²) in [7, 11) is 0. The molecule has 1 aromatic carbocycles. The van der Waals surface area contributed by atoms with Gasteiger partial charge in [0.1, 0.15) is 10.2 Å². The molecule has 0 aliphatic heterocycles. The molecular weight excluding hydrogens is 366 g/mol. The lowest BCUT2D eigenvalue weighted by Crippen LogP contribution is -2.15. The van der Waals surface area contributed by atoms with Gasteiger partial charge in [0.25, 0.3) is 5.91 Å². The van der Waals surface area contributed by atoms with Crippen LogP contribution in [-0.4, -0.2) is 10.5 Å². The largest absolute Gasteiger partial charge is 0.317 e. The summed E-state index contributed by atoms with van der Waals surface area (Å²) >= 11 is 14.2. The van der Waals surface area contributed by atoms with Gasteiger partial charge in [0, 0.05) is 6.54 Å². The standard InChI is InChI=1S/C14H9Cl2FN2OS2/c1-2-19-9-4-3-7(17)5-10(9)21-14(19)18-13(20)8-6-11(15)22-12(8)16/h3-6H,2H2,1H3. The van der Waals surface area contributed by atoms with Crippen molar-refractivity contribution in [2.45, 2.75) is 13.5 Å². The number of carbonyl (C=O) groups is 1. The molecule has 22 heavy (non-hydrogen) atoms. The molecule has 0 radical (unpaired) electrons. The van der Waals surface area contributed by atoms with Gasteiger partial charge in [-0.2, -0.15) is 4.99 Å². The summed E-state index contributed by atoms with van der Waals surface area (Å²) < 4.78 is 16.7. The van der Waals surface area contributed by atoms with E-state index in [1.165, 1.54) is 29.5 Å². The third kappa shape index (κ3) is 2.84. The molecule has 3 rings (SSSR count). The maximum Gasteiger partial charge on any atom is 0.282 e. The van der Waals surface area contributed by atoms with Gasteiger partial charge in [-0.3, -0.25) is 4.79 Å². The highest BCUT2D eigenvalue weighted by molar-refractivity contribution is 7.20. The van der Waals surface area contributed by atoms with Crippen LogP contribution in [0.4, 0.5) is 4.39 Å². The maximum atomic E-state index is 13.3. The van der Waals surface area contributed by atoms with Crippen LogP contribution in [0.1, 0.15) is 17.3 Å². The van der Waals surface area contributed by atoms with Crippen LogP contribution in [0.15, 0.2) is 29.3 Å². The zero-order chi connectivity index (χ0) is 15.9. The first-order valence-electron chi connectivity index (χ1n) is 6.32. The van der Waals surface area contributed by atoms with Gasteiger partial charge in [-0.15, -0.1) is 11.3 Å². The number of fused-ring (bicyclic) bond motifs is 1. The van der Waals surface area contributed by atoms with Crippen molar-refractivity contribution in [2.75, 3.05) is 0 Å². The highest BCUT2D eigenvalue weighted by atomic mass is 35.5. The number of aromatic nitrogens is 1. The second kappa shape index (κ2) is 6.12. The third-order valence-electron chi connectivity index (χ3n) is 3.05. The predicted octanol–water partition coefficient (Wildman–Crippen LogP) is 4.97. The number of hydrogen-bond acceptors (Lipinski definition) is 3. The number of carbonyl (C=O) groups excluding carboxylic acids is 1. The highest BCUT2D eigenvalue weighted by Crippen LogP contribution is 2.31. The summed E-state index contributed by atoms with van der Waals surface area (Å²) in [6, 6.07) is 6.01. The van der Waals surface area contributed by atoms with E-state index in [4.69, 9.17) is 23.2 Å². The molecule has 0 unspecified atom stereocenters. The Morgan fingerprint density at radius 3 is 2.73 bits per heavy atom. The number of hydrogen-bond donors (Lipinski definition) is 0. The Morgan fingerprint density at radius 2 is 2.09 bits per heavy atom. The van der Waals surface area contributed by atoms with Crippen molar-refractivity contribution in [1.82, 2.24) is 4.57 Å². The van der Waals surface area contributed by atoms with Crippen molar-refractivity contribution < 1.29 is 9.18 Å². The Bertz CT molecular complexity index is 942. The van der Waals surface area contributed by atoms with E-state index >= 15 is 0 Å². The van der Waals surface area contributed by atoms with E-state index in [1.54, 1.807) is 6.07 Å². The Balaban J connectivity index is 2.16. The summed E-state index contributed by atoms with van der Waals surface area (Å²) in [5.74, 6) is -0.773. The van der Waals surface area contributed by atoms with E-state index in [9.17, 15) is 9.18 Å². The van der Waals surface area contributed by atoms with Crippen molar-refractivity contribution in [2.24, 2.45) is 4.99 Å². The summed E-state index contributed by atoms with van der Waals surface area (Å²) in [4.78, 5) is 16.9. The molecule has 2 aromatic heterocycles. The molecule has 3 aromatic rings. The molecule has 0 fully saturated rings. The minimum Gasteiger partial charge on any atom is -0.317 e. The van der Waals surface area contributed by atoms with Gasteiger partial charge < -0.3 is 4.57 Å². The lowest BCUT2D eigenvalue weighted by molar-refractivity contribution is 0.0998. The lowest BCUT2D eigenvalue weighted by atomic mass is 10.3. The number of aryl methyl sites for hydroxylation is 1. The monoisotopic (exact) mass is 374 g/mol. The SMILES string of the molecule is CCn1c(=NC(=O)c2cc(Cl)sc2Cl)sc2cc(F)ccc21. The van der Waals surface area contributed by atoms with Gasteiger partial charge in [0.05, 0.1) is 20.1 Å². The number of halogens is 3. The summed E-state index contributed by atoms with van der Waals surface area (Å²) in [6.45, 7) is 2.56. The van der Waals surface area contributed by atoms with E-state index in [0.29, 0.717) is 20.0 Å². The quantitative estimate of drug-likeness (QED) is 0.623. The number of amides is 1. The summed E-state index contributed by atoms with van der Waals surface area (Å²) in [5.41, 5.74) is 1.12. The maximum absolute atomic E-state index is 13.3. The first kappa shape index (κ1) is 15.7. The van der Waals surface area contributed by atoms with E-state index in [2.05, 4.69) is 4.99 Å². The van der Waals surface area contributed by atoms with Crippen LogP contribution in [0, 0.1) is 5.82 Å². The molecule has 0 atom stereocenters. The van der Waals surface area contributed by atoms with E-state index in [1.807, 2.05) is 11.5 Å². The van der Waals surface area contributed by atoms with Crippen LogP contribution in [0.2, 0.25) is 8.67 Å². The van der Waals surface area contributed by atoms with Crippen molar-refractivity contribution in [3.8, 4) is 0 Å². The second-order valence-corrected chi connectivity index (χ2v) is 7.69. The van der Waals surface area contributed by atoms with Gasteiger partial charge in [-0.05, 0) is 31.2 Å². The molecule has 0 bridgehead atoms. The topological polar surface area (TPSA) is 34.4 Å². The van der Waals surface area contributed by atoms with E-state index in [0.717, 1.165) is 21.6 Å². The highest BCUT2D eigenvalue weighted by Gasteiger charge is 2.14. The number of rotatable bonds is 2. The Hall–Kier alpha value is -1.21. The van der Waals surface area contributed by atoms with Crippen LogP contribution in [0.5, 0.6) is 0 Å². The van der Waals surface area contributed by atoms with Gasteiger partial charge in [0.15, 0.2) is 4.80 Å². The molecule has 1 amide bonds. The van der Waals surface area contributed by atoms with Crippen LogP contribution in [-0.2, 0) is 6.54 Å². The summed E-state index contributed by atoms with van der Waals surface area (Å²) in [5, 5.41) is 0. The average Bonchev–Trinajstić information content (AvgIpc) is 2.97. The van der Waals surface area contributed by atoms with Crippen LogP contribution < -0.4 is 4.80 Å². The fourth-order valence-electron chi connectivity index (χ4n) is 2.07. The molecule has 0 saturated heterocycles. The molecule has 3 nitrogen and oxygen atoms in total. The number of thiophene rings is 1. The molecule has 0 N–H and O–H groups in total. The zero-order valence-corrected chi connectivity index (χ0v) is 14.4. The molecule has 0 aliphatic carbocycles. The fourth-order valence-corrected chi connectivity index (χ4v) is 4.64. The van der Waals surface area contributed by atoms with Crippen molar-refractivity contribution in [1.29, 1.82) is 0 Å². The molecule has 8 heteroatoms. The normalized spacial score (nSPS) is 12.3. The van der Waals surface area contributed by atoms with Gasteiger partial charge in [0.2, 0.25) is 0 Å². The van der Waals surface area contributed by atoms with Crippen LogP contribution in [0.25, 0.3) is 10.2 Å². The van der Waals surface area contributed by atoms with E-state index < -0.39 is 5.91 Å². The molecule has 2 heterocycles. The van der Waals surface area contributed by atoms with Crippen molar-refractivity contribution in [3.63, 3.8) is 0 Å². The zero-order valence-electron chi connectivity index (χ0n) is 11.3. The molecule has 114 valence electrons. The number of benzene rings is 1. The van der Waals surface area contributed by atoms with Crippen LogP contribution >= 0.6 is 45.9 Å². The van der Waals surface area contributed by atoms with Crippen molar-refractivity contribution in [3.05, 3.63) is 49.1 Å². The van der Waals surface area contributed by atoms with Gasteiger partial charge in [-0.1, -0.05) is 34.5 Å². The summed E-state index contributed by atoms with van der Waals surface area (Å²) in [6.07, 6.45) is 0. The Labute approximate surface area is 143 Å². The molecule has 0 saturated carbocycles. The first-order valence-corrected chi connectivity index (χ1v) is 8.71. The Kier molecular flexibility index (Phi) is 4.36. The minimum atomic E-state index is -0.456. The van der Waals surface area contributed by atoms with E-state index in [-0.39, 0.29) is 11.4 Å². The van der Waals surface area contributed by atoms with Gasteiger partial charge >= 0.3 is 0 Å². The van der Waals surface area contributed by atoms with Crippen LogP contribution in [0.3, 0.4) is 0 Å². The van der Waals surface area contributed by atoms with Crippen molar-refractivity contribution >= 4 is 62.0 Å². The fraction of sp³-hybridized carbons (Fsp3) is 0.143. The predicted molar refractivity (Wildman–Crippen MR) is 89.7 cm³/mol. The smallest absolute Gasteiger partial charge is 0.282 e. The lowest BCUT2D eigenvalue weighted by Gasteiger charge is -1.99. The van der Waals surface area contributed by atoms with Gasteiger partial charge in [-0.25, -0.2) is 4.39 Å². The number of nitrogens with zero attached hydrogens (tertiary/aromatic N) is 2.